The fourth-order valence-corrected chi connectivity index (χ4v) is 1.06. The first-order valence-electron chi connectivity index (χ1n) is 3.61. The largest absolute Gasteiger partial charge is 0.513 e. The molecular formula is C8H6N2O3. The van der Waals surface area contributed by atoms with Crippen LogP contribution in [0.25, 0.3) is 11.0 Å². The number of H-pyrrole nitrogens is 1. The summed E-state index contributed by atoms with van der Waals surface area (Å²) in [4.78, 5) is 16.8. The van der Waals surface area contributed by atoms with Crippen molar-refractivity contribution < 1.29 is 14.6 Å². The molecule has 0 bridgehead atoms. The Morgan fingerprint density at radius 1 is 1.46 bits per heavy atom. The minimum absolute atomic E-state index is 0.00583. The van der Waals surface area contributed by atoms with Crippen molar-refractivity contribution in [3.63, 3.8) is 0 Å². The van der Waals surface area contributed by atoms with Gasteiger partial charge in [0.05, 0.1) is 11.0 Å². The molecule has 0 aliphatic heterocycles. The van der Waals surface area contributed by atoms with Crippen LogP contribution in [0.1, 0.15) is 0 Å². The zero-order valence-corrected chi connectivity index (χ0v) is 6.52. The molecular weight excluding hydrogens is 172 g/mol. The van der Waals surface area contributed by atoms with Gasteiger partial charge in [-0.3, -0.25) is 0 Å². The molecule has 0 aliphatic rings. The van der Waals surface area contributed by atoms with E-state index >= 15 is 0 Å². The topological polar surface area (TPSA) is 75.2 Å². The Morgan fingerprint density at radius 3 is 2.92 bits per heavy atom. The number of para-hydroxylation sites is 2. The Balaban J connectivity index is 2.44. The molecule has 5 nitrogen and oxygen atoms in total. The van der Waals surface area contributed by atoms with Crippen LogP contribution < -0.4 is 4.74 Å². The van der Waals surface area contributed by atoms with Gasteiger partial charge in [0, 0.05) is 0 Å². The number of aromatic nitrogens is 2. The molecule has 2 aromatic rings. The molecule has 2 N–H and O–H groups in total. The fourth-order valence-electron chi connectivity index (χ4n) is 1.06. The van der Waals surface area contributed by atoms with Crippen molar-refractivity contribution in [1.29, 1.82) is 0 Å². The third-order valence-corrected chi connectivity index (χ3v) is 1.55. The molecule has 0 radical (unpaired) electrons. The van der Waals surface area contributed by atoms with Gasteiger partial charge in [0.1, 0.15) is 0 Å². The van der Waals surface area contributed by atoms with Crippen molar-refractivity contribution in [3.8, 4) is 6.01 Å². The lowest BCUT2D eigenvalue weighted by molar-refractivity contribution is 0.141. The summed E-state index contributed by atoms with van der Waals surface area (Å²) in [5, 5.41) is 8.31. The van der Waals surface area contributed by atoms with Gasteiger partial charge in [-0.2, -0.15) is 4.98 Å². The van der Waals surface area contributed by atoms with Gasteiger partial charge in [0.2, 0.25) is 0 Å². The Kier molecular flexibility index (Phi) is 1.63. The van der Waals surface area contributed by atoms with E-state index in [1.165, 1.54) is 0 Å². The zero-order valence-electron chi connectivity index (χ0n) is 6.52. The standard InChI is InChI=1S/C8H6N2O3/c11-8(12)13-7-9-5-3-1-2-4-6(5)10-7/h1-4H,(H,9,10)(H,11,12). The van der Waals surface area contributed by atoms with Gasteiger partial charge in [-0.1, -0.05) is 12.1 Å². The van der Waals surface area contributed by atoms with E-state index in [0.29, 0.717) is 5.52 Å². The van der Waals surface area contributed by atoms with Crippen LogP contribution in [0.2, 0.25) is 0 Å². The Bertz CT molecular complexity index is 416. The highest BCUT2D eigenvalue weighted by Crippen LogP contribution is 2.14. The smallest absolute Gasteiger partial charge is 0.449 e. The third-order valence-electron chi connectivity index (χ3n) is 1.55. The first kappa shape index (κ1) is 7.60. The predicted molar refractivity (Wildman–Crippen MR) is 44.7 cm³/mol. The lowest BCUT2D eigenvalue weighted by atomic mass is 10.3. The van der Waals surface area contributed by atoms with Crippen molar-refractivity contribution in [1.82, 2.24) is 9.97 Å². The number of ether oxygens (including phenoxy) is 1. The minimum Gasteiger partial charge on any atom is -0.449 e. The molecule has 0 aliphatic carbocycles. The lowest BCUT2D eigenvalue weighted by Gasteiger charge is -1.89. The van der Waals surface area contributed by atoms with Gasteiger partial charge in [-0.05, 0) is 12.1 Å². The van der Waals surface area contributed by atoms with Crippen LogP contribution in [0.3, 0.4) is 0 Å². The summed E-state index contributed by atoms with van der Waals surface area (Å²) in [6.07, 6.45) is -1.38. The summed E-state index contributed by atoms with van der Waals surface area (Å²) in [5.74, 6) is 0. The van der Waals surface area contributed by atoms with Crippen LogP contribution in [0.4, 0.5) is 4.79 Å². The number of benzene rings is 1. The second-order valence-corrected chi connectivity index (χ2v) is 2.43. The number of imidazole rings is 1. The number of hydrogen-bond acceptors (Lipinski definition) is 3. The normalized spacial score (nSPS) is 10.2. The Hall–Kier alpha value is -2.04. The zero-order chi connectivity index (χ0) is 9.26. The van der Waals surface area contributed by atoms with Crippen LogP contribution in [0.5, 0.6) is 6.01 Å². The highest BCUT2D eigenvalue weighted by Gasteiger charge is 2.05. The minimum atomic E-state index is -1.38. The summed E-state index contributed by atoms with van der Waals surface area (Å²) < 4.78 is 4.35. The number of rotatable bonds is 1. The summed E-state index contributed by atoms with van der Waals surface area (Å²) in [7, 11) is 0. The second kappa shape index (κ2) is 2.78. The number of carbonyl (C=O) groups is 1. The molecule has 0 unspecified atom stereocenters. The van der Waals surface area contributed by atoms with Gasteiger partial charge in [0.15, 0.2) is 0 Å². The quantitative estimate of drug-likeness (QED) is 0.650. The molecule has 0 atom stereocenters. The van der Waals surface area contributed by atoms with Crippen molar-refractivity contribution >= 4 is 17.2 Å². The van der Waals surface area contributed by atoms with E-state index in [9.17, 15) is 4.79 Å². The van der Waals surface area contributed by atoms with Crippen molar-refractivity contribution in [2.45, 2.75) is 0 Å². The lowest BCUT2D eigenvalue weighted by Crippen LogP contribution is -2.03. The molecule has 66 valence electrons. The van der Waals surface area contributed by atoms with Crippen LogP contribution in [0.15, 0.2) is 24.3 Å². The number of aromatic amines is 1. The molecule has 13 heavy (non-hydrogen) atoms. The second-order valence-electron chi connectivity index (χ2n) is 2.43. The molecule has 0 fully saturated rings. The van der Waals surface area contributed by atoms with Crippen molar-refractivity contribution in [2.24, 2.45) is 0 Å². The number of fused-ring (bicyclic) bond motifs is 1. The maximum atomic E-state index is 10.2. The van der Waals surface area contributed by atoms with Crippen LogP contribution >= 0.6 is 0 Å². The Morgan fingerprint density at radius 2 is 2.23 bits per heavy atom. The highest BCUT2D eigenvalue weighted by molar-refractivity contribution is 5.76. The number of nitrogens with zero attached hydrogens (tertiary/aromatic N) is 1. The SMILES string of the molecule is O=C(O)Oc1nc2ccccc2[nH]1. The van der Waals surface area contributed by atoms with Gasteiger partial charge in [-0.15, -0.1) is 0 Å². The molecule has 0 spiro atoms. The Labute approximate surface area is 73.0 Å². The monoisotopic (exact) mass is 178 g/mol. The number of hydrogen-bond donors (Lipinski definition) is 2. The number of carboxylic acid groups (broad SMARTS) is 1. The van der Waals surface area contributed by atoms with E-state index in [1.807, 2.05) is 12.1 Å². The molecule has 2 rings (SSSR count). The number of nitrogens with one attached hydrogen (secondary N) is 1. The molecule has 1 aromatic carbocycles. The molecule has 5 heteroatoms. The fraction of sp³-hybridized carbons (Fsp3) is 0. The van der Waals surface area contributed by atoms with E-state index in [1.54, 1.807) is 12.1 Å². The summed E-state index contributed by atoms with van der Waals surface area (Å²) in [6.45, 7) is 0. The highest BCUT2D eigenvalue weighted by atomic mass is 16.7. The van der Waals surface area contributed by atoms with E-state index in [-0.39, 0.29) is 6.01 Å². The van der Waals surface area contributed by atoms with Crippen molar-refractivity contribution in [3.05, 3.63) is 24.3 Å². The maximum absolute atomic E-state index is 10.2. The van der Waals surface area contributed by atoms with E-state index < -0.39 is 6.16 Å². The van der Waals surface area contributed by atoms with Crippen LogP contribution in [-0.2, 0) is 0 Å². The van der Waals surface area contributed by atoms with E-state index in [4.69, 9.17) is 5.11 Å². The molecule has 0 saturated heterocycles. The predicted octanol–water partition coefficient (Wildman–Crippen LogP) is 1.62. The average molecular weight is 178 g/mol. The first-order chi connectivity index (χ1) is 6.25. The molecule has 1 aromatic heterocycles. The van der Waals surface area contributed by atoms with Crippen LogP contribution in [-0.4, -0.2) is 21.2 Å². The summed E-state index contributed by atoms with van der Waals surface area (Å²) in [5.41, 5.74) is 1.43. The van der Waals surface area contributed by atoms with Gasteiger partial charge >= 0.3 is 12.2 Å². The molecule has 1 heterocycles. The van der Waals surface area contributed by atoms with Gasteiger partial charge < -0.3 is 14.8 Å². The summed E-state index contributed by atoms with van der Waals surface area (Å²) in [6, 6.07) is 7.19. The van der Waals surface area contributed by atoms with Crippen molar-refractivity contribution in [2.75, 3.05) is 0 Å². The average Bonchev–Trinajstić information content (AvgIpc) is 2.44. The van der Waals surface area contributed by atoms with Crippen LogP contribution in [0, 0.1) is 0 Å². The van der Waals surface area contributed by atoms with E-state index in [0.717, 1.165) is 5.52 Å². The van der Waals surface area contributed by atoms with E-state index in [2.05, 4.69) is 14.7 Å². The molecule has 0 amide bonds. The third kappa shape index (κ3) is 1.44. The molecule has 0 saturated carbocycles. The first-order valence-corrected chi connectivity index (χ1v) is 3.61. The van der Waals surface area contributed by atoms with Gasteiger partial charge in [0.25, 0.3) is 0 Å². The summed E-state index contributed by atoms with van der Waals surface area (Å²) >= 11 is 0. The maximum Gasteiger partial charge on any atom is 0.513 e. The van der Waals surface area contributed by atoms with Gasteiger partial charge in [-0.25, -0.2) is 4.79 Å².